The van der Waals surface area contributed by atoms with Crippen molar-refractivity contribution in [1.82, 2.24) is 10.6 Å². The van der Waals surface area contributed by atoms with Crippen LogP contribution < -0.4 is 10.6 Å². The number of halogens is 1. The molecule has 1 aromatic carbocycles. The van der Waals surface area contributed by atoms with Gasteiger partial charge in [0.1, 0.15) is 0 Å². The summed E-state index contributed by atoms with van der Waals surface area (Å²) in [5.74, 6) is 0.770. The fourth-order valence-corrected chi connectivity index (χ4v) is 2.83. The molecule has 2 unspecified atom stereocenters. The molecule has 1 aliphatic rings. The summed E-state index contributed by atoms with van der Waals surface area (Å²) in [4.78, 5) is 0. The number of rotatable bonds is 5. The topological polar surface area (TPSA) is 24.1 Å². The summed E-state index contributed by atoms with van der Waals surface area (Å²) >= 11 is 6.06. The smallest absolute Gasteiger partial charge is 0.0409 e. The molecule has 0 saturated carbocycles. The van der Waals surface area contributed by atoms with E-state index in [9.17, 15) is 0 Å². The fraction of sp³-hybridized carbons (Fsp3) is 0.600. The van der Waals surface area contributed by atoms with E-state index in [0.717, 1.165) is 30.5 Å². The minimum atomic E-state index is 0.422. The third-order valence-corrected chi connectivity index (χ3v) is 3.95. The molecular weight excluding hydrogens is 244 g/mol. The molecule has 2 nitrogen and oxygen atoms in total. The summed E-state index contributed by atoms with van der Waals surface area (Å²) in [7, 11) is 0. The Balaban J connectivity index is 1.88. The zero-order valence-corrected chi connectivity index (χ0v) is 11.8. The lowest BCUT2D eigenvalue weighted by molar-refractivity contribution is 0.342. The lowest BCUT2D eigenvalue weighted by atomic mass is 9.98. The van der Waals surface area contributed by atoms with Crippen LogP contribution in [0.1, 0.15) is 37.8 Å². The van der Waals surface area contributed by atoms with Gasteiger partial charge in [0.05, 0.1) is 0 Å². The second-order valence-electron chi connectivity index (χ2n) is 5.14. The van der Waals surface area contributed by atoms with Crippen LogP contribution in [0.25, 0.3) is 0 Å². The SMILES string of the molecule is CCC(NCC1CCCNC1)c1cccc(Cl)c1. The van der Waals surface area contributed by atoms with Crippen molar-refractivity contribution in [2.75, 3.05) is 19.6 Å². The monoisotopic (exact) mass is 266 g/mol. The largest absolute Gasteiger partial charge is 0.316 e. The molecule has 0 aliphatic carbocycles. The van der Waals surface area contributed by atoms with Crippen LogP contribution in [0.2, 0.25) is 5.02 Å². The van der Waals surface area contributed by atoms with E-state index in [0.29, 0.717) is 6.04 Å². The Morgan fingerprint density at radius 1 is 1.50 bits per heavy atom. The molecule has 3 heteroatoms. The number of hydrogen-bond acceptors (Lipinski definition) is 2. The van der Waals surface area contributed by atoms with Crippen LogP contribution in [-0.2, 0) is 0 Å². The van der Waals surface area contributed by atoms with Gasteiger partial charge >= 0.3 is 0 Å². The summed E-state index contributed by atoms with van der Waals surface area (Å²) in [6, 6.07) is 8.62. The van der Waals surface area contributed by atoms with Crippen LogP contribution in [0.4, 0.5) is 0 Å². The van der Waals surface area contributed by atoms with E-state index in [-0.39, 0.29) is 0 Å². The van der Waals surface area contributed by atoms with E-state index in [4.69, 9.17) is 11.6 Å². The molecule has 2 atom stereocenters. The van der Waals surface area contributed by atoms with Crippen LogP contribution in [0.15, 0.2) is 24.3 Å². The lowest BCUT2D eigenvalue weighted by Gasteiger charge is -2.26. The summed E-state index contributed by atoms with van der Waals surface area (Å²) in [6.45, 7) is 5.65. The maximum atomic E-state index is 6.06. The molecular formula is C15H23ClN2. The zero-order valence-electron chi connectivity index (χ0n) is 11.1. The van der Waals surface area contributed by atoms with E-state index >= 15 is 0 Å². The van der Waals surface area contributed by atoms with Gasteiger partial charge in [-0.05, 0) is 62.5 Å². The van der Waals surface area contributed by atoms with Gasteiger partial charge in [0.15, 0.2) is 0 Å². The third-order valence-electron chi connectivity index (χ3n) is 3.71. The van der Waals surface area contributed by atoms with Crippen LogP contribution in [0.5, 0.6) is 0 Å². The highest BCUT2D eigenvalue weighted by Crippen LogP contribution is 2.21. The van der Waals surface area contributed by atoms with Gasteiger partial charge in [-0.15, -0.1) is 0 Å². The molecule has 0 bridgehead atoms. The van der Waals surface area contributed by atoms with Crippen molar-refractivity contribution in [2.24, 2.45) is 5.92 Å². The predicted molar refractivity (Wildman–Crippen MR) is 78.1 cm³/mol. The number of benzene rings is 1. The van der Waals surface area contributed by atoms with Gasteiger partial charge in [-0.25, -0.2) is 0 Å². The van der Waals surface area contributed by atoms with Crippen molar-refractivity contribution >= 4 is 11.6 Å². The first kappa shape index (κ1) is 13.9. The van der Waals surface area contributed by atoms with Crippen LogP contribution in [0, 0.1) is 5.92 Å². The molecule has 100 valence electrons. The Bertz CT molecular complexity index is 361. The van der Waals surface area contributed by atoms with Crippen molar-refractivity contribution < 1.29 is 0 Å². The van der Waals surface area contributed by atoms with E-state index in [2.05, 4.69) is 29.7 Å². The van der Waals surface area contributed by atoms with Crippen molar-refractivity contribution in [3.8, 4) is 0 Å². The highest BCUT2D eigenvalue weighted by Gasteiger charge is 2.15. The van der Waals surface area contributed by atoms with E-state index in [1.165, 1.54) is 24.9 Å². The fourth-order valence-electron chi connectivity index (χ4n) is 2.63. The summed E-state index contributed by atoms with van der Waals surface area (Å²) in [6.07, 6.45) is 3.74. The highest BCUT2D eigenvalue weighted by atomic mass is 35.5. The molecule has 2 N–H and O–H groups in total. The van der Waals surface area contributed by atoms with Crippen LogP contribution in [-0.4, -0.2) is 19.6 Å². The number of piperidine rings is 1. The zero-order chi connectivity index (χ0) is 12.8. The first-order chi connectivity index (χ1) is 8.79. The Morgan fingerprint density at radius 2 is 2.39 bits per heavy atom. The summed E-state index contributed by atoms with van der Waals surface area (Å²) in [5, 5.41) is 7.97. The molecule has 1 aromatic rings. The molecule has 2 rings (SSSR count). The van der Waals surface area contributed by atoms with Crippen LogP contribution >= 0.6 is 11.6 Å². The first-order valence-electron chi connectivity index (χ1n) is 6.99. The Kier molecular flexibility index (Phi) is 5.48. The third kappa shape index (κ3) is 3.98. The maximum Gasteiger partial charge on any atom is 0.0409 e. The molecule has 1 fully saturated rings. The van der Waals surface area contributed by atoms with Crippen molar-refractivity contribution in [3.63, 3.8) is 0 Å². The molecule has 0 aromatic heterocycles. The minimum Gasteiger partial charge on any atom is -0.316 e. The van der Waals surface area contributed by atoms with Crippen LogP contribution in [0.3, 0.4) is 0 Å². The van der Waals surface area contributed by atoms with Crippen molar-refractivity contribution in [1.29, 1.82) is 0 Å². The van der Waals surface area contributed by atoms with Gasteiger partial charge in [-0.1, -0.05) is 30.7 Å². The first-order valence-corrected chi connectivity index (χ1v) is 7.37. The summed E-state index contributed by atoms with van der Waals surface area (Å²) in [5.41, 5.74) is 1.30. The number of nitrogens with one attached hydrogen (secondary N) is 2. The van der Waals surface area contributed by atoms with Gasteiger partial charge in [0, 0.05) is 11.1 Å². The van der Waals surface area contributed by atoms with Crippen molar-refractivity contribution in [3.05, 3.63) is 34.9 Å². The van der Waals surface area contributed by atoms with Gasteiger partial charge in [0.25, 0.3) is 0 Å². The maximum absolute atomic E-state index is 6.06. The molecule has 0 radical (unpaired) electrons. The molecule has 0 amide bonds. The quantitative estimate of drug-likeness (QED) is 0.854. The average Bonchev–Trinajstić information content (AvgIpc) is 2.41. The standard InChI is InChI=1S/C15H23ClN2/c1-2-15(13-6-3-7-14(16)9-13)18-11-12-5-4-8-17-10-12/h3,6-7,9,12,15,17-18H,2,4-5,8,10-11H2,1H3. The van der Waals surface area contributed by atoms with Gasteiger partial charge in [-0.3, -0.25) is 0 Å². The Morgan fingerprint density at radius 3 is 3.06 bits per heavy atom. The van der Waals surface area contributed by atoms with Gasteiger partial charge in [-0.2, -0.15) is 0 Å². The van der Waals surface area contributed by atoms with Gasteiger partial charge in [0.2, 0.25) is 0 Å². The molecule has 0 spiro atoms. The second-order valence-corrected chi connectivity index (χ2v) is 5.57. The lowest BCUT2D eigenvalue weighted by Crippen LogP contribution is -2.37. The Labute approximate surface area is 115 Å². The normalized spacial score (nSPS) is 21.8. The molecule has 1 aliphatic heterocycles. The van der Waals surface area contributed by atoms with Crippen molar-refractivity contribution in [2.45, 2.75) is 32.2 Å². The Hall–Kier alpha value is -0.570. The van der Waals surface area contributed by atoms with E-state index < -0.39 is 0 Å². The second kappa shape index (κ2) is 7.13. The number of hydrogen-bond donors (Lipinski definition) is 2. The average molecular weight is 267 g/mol. The molecule has 1 heterocycles. The minimum absolute atomic E-state index is 0.422. The summed E-state index contributed by atoms with van der Waals surface area (Å²) < 4.78 is 0. The molecule has 18 heavy (non-hydrogen) atoms. The predicted octanol–water partition coefficient (Wildman–Crippen LogP) is 3.38. The van der Waals surface area contributed by atoms with Gasteiger partial charge < -0.3 is 10.6 Å². The van der Waals surface area contributed by atoms with E-state index in [1.54, 1.807) is 0 Å². The highest BCUT2D eigenvalue weighted by molar-refractivity contribution is 6.30. The molecule has 1 saturated heterocycles. The van der Waals surface area contributed by atoms with E-state index in [1.807, 2.05) is 12.1 Å².